The first kappa shape index (κ1) is 19.4. The molecule has 1 heterocycles. The van der Waals surface area contributed by atoms with Crippen LogP contribution in [0.1, 0.15) is 32.1 Å². The second-order valence-electron chi connectivity index (χ2n) is 5.87. The predicted octanol–water partition coefficient (Wildman–Crippen LogP) is 2.29. The van der Waals surface area contributed by atoms with Crippen molar-refractivity contribution in [2.24, 2.45) is 5.92 Å². The van der Waals surface area contributed by atoms with Crippen LogP contribution in [0.15, 0.2) is 28.8 Å². The highest BCUT2D eigenvalue weighted by Crippen LogP contribution is 2.20. The van der Waals surface area contributed by atoms with Crippen molar-refractivity contribution in [3.8, 4) is 17.1 Å². The summed E-state index contributed by atoms with van der Waals surface area (Å²) in [5.41, 5.74) is 0.786. The van der Waals surface area contributed by atoms with Gasteiger partial charge in [-0.05, 0) is 30.7 Å². The zero-order valence-corrected chi connectivity index (χ0v) is 14.9. The summed E-state index contributed by atoms with van der Waals surface area (Å²) in [5, 5.41) is 15.6. The predicted molar refractivity (Wildman–Crippen MR) is 93.7 cm³/mol. The van der Waals surface area contributed by atoms with Crippen molar-refractivity contribution < 1.29 is 24.0 Å². The molecule has 1 amide bonds. The smallest absolute Gasteiger partial charge is 0.308 e. The fraction of sp³-hybridized carbons (Fsp3) is 0.444. The number of carboxylic acids is 1. The first-order valence-electron chi connectivity index (χ1n) is 8.50. The number of benzene rings is 1. The van der Waals surface area contributed by atoms with E-state index in [9.17, 15) is 9.59 Å². The van der Waals surface area contributed by atoms with Gasteiger partial charge in [0.2, 0.25) is 17.6 Å². The lowest BCUT2D eigenvalue weighted by molar-refractivity contribution is -0.141. The van der Waals surface area contributed by atoms with Gasteiger partial charge in [0.1, 0.15) is 5.75 Å². The molecule has 0 fully saturated rings. The summed E-state index contributed by atoms with van der Waals surface area (Å²) in [4.78, 5) is 27.2. The van der Waals surface area contributed by atoms with Gasteiger partial charge in [0.05, 0.1) is 13.0 Å². The van der Waals surface area contributed by atoms with Gasteiger partial charge in [-0.1, -0.05) is 18.5 Å². The zero-order valence-electron chi connectivity index (χ0n) is 14.9. The van der Waals surface area contributed by atoms with E-state index >= 15 is 0 Å². The third kappa shape index (κ3) is 5.58. The fourth-order valence-electron chi connectivity index (χ4n) is 2.42. The highest BCUT2D eigenvalue weighted by Gasteiger charge is 2.17. The van der Waals surface area contributed by atoms with Gasteiger partial charge in [-0.2, -0.15) is 4.98 Å². The van der Waals surface area contributed by atoms with Gasteiger partial charge in [-0.25, -0.2) is 0 Å². The number of amides is 1. The van der Waals surface area contributed by atoms with E-state index in [0.29, 0.717) is 24.6 Å². The van der Waals surface area contributed by atoms with Crippen molar-refractivity contribution in [1.82, 2.24) is 15.5 Å². The molecule has 0 radical (unpaired) electrons. The summed E-state index contributed by atoms with van der Waals surface area (Å²) in [6.07, 6.45) is 1.73. The minimum Gasteiger partial charge on any atom is -0.497 e. The second kappa shape index (κ2) is 9.55. The molecule has 0 spiro atoms. The molecule has 2 rings (SSSR count). The first-order chi connectivity index (χ1) is 12.5. The van der Waals surface area contributed by atoms with Crippen LogP contribution in [-0.2, 0) is 16.0 Å². The molecule has 0 aliphatic heterocycles. The van der Waals surface area contributed by atoms with Gasteiger partial charge in [-0.15, -0.1) is 0 Å². The average Bonchev–Trinajstić information content (AvgIpc) is 3.12. The number of aromatic nitrogens is 2. The summed E-state index contributed by atoms with van der Waals surface area (Å²) < 4.78 is 10.3. The lowest BCUT2D eigenvalue weighted by Gasteiger charge is -2.11. The van der Waals surface area contributed by atoms with Crippen molar-refractivity contribution in [2.45, 2.75) is 32.6 Å². The second-order valence-corrected chi connectivity index (χ2v) is 5.87. The van der Waals surface area contributed by atoms with E-state index in [1.54, 1.807) is 19.2 Å². The van der Waals surface area contributed by atoms with Crippen LogP contribution in [-0.4, -0.2) is 40.8 Å². The Labute approximate surface area is 151 Å². The Kier molecular flexibility index (Phi) is 7.13. The Hall–Kier alpha value is -2.90. The van der Waals surface area contributed by atoms with Crippen LogP contribution in [0.5, 0.6) is 5.75 Å². The van der Waals surface area contributed by atoms with Crippen LogP contribution in [0.2, 0.25) is 0 Å². The molecule has 0 saturated carbocycles. The van der Waals surface area contributed by atoms with E-state index in [2.05, 4.69) is 15.5 Å². The normalized spacial score (nSPS) is 11.8. The molecular weight excluding hydrogens is 338 g/mol. The molecular formula is C18H23N3O5. The van der Waals surface area contributed by atoms with E-state index in [1.807, 2.05) is 19.1 Å². The lowest BCUT2D eigenvalue weighted by atomic mass is 10.0. The fourth-order valence-corrected chi connectivity index (χ4v) is 2.42. The molecule has 140 valence electrons. The number of carboxylic acid groups (broad SMARTS) is 1. The van der Waals surface area contributed by atoms with E-state index < -0.39 is 11.9 Å². The maximum absolute atomic E-state index is 11.9. The van der Waals surface area contributed by atoms with Gasteiger partial charge < -0.3 is 19.7 Å². The molecule has 26 heavy (non-hydrogen) atoms. The Morgan fingerprint density at radius 2 is 2.04 bits per heavy atom. The summed E-state index contributed by atoms with van der Waals surface area (Å²) in [7, 11) is 1.59. The third-order valence-corrected chi connectivity index (χ3v) is 3.91. The number of hydrogen-bond donors (Lipinski definition) is 2. The van der Waals surface area contributed by atoms with Crippen molar-refractivity contribution in [3.63, 3.8) is 0 Å². The molecule has 0 aliphatic rings. The quantitative estimate of drug-likeness (QED) is 0.667. The number of ether oxygens (including phenoxy) is 1. The molecule has 1 atom stereocenters. The number of methoxy groups -OCH3 is 1. The summed E-state index contributed by atoms with van der Waals surface area (Å²) in [5.74, 6) is -0.165. The Bertz CT molecular complexity index is 727. The van der Waals surface area contributed by atoms with Crippen molar-refractivity contribution >= 4 is 11.9 Å². The van der Waals surface area contributed by atoms with Crippen LogP contribution < -0.4 is 10.1 Å². The molecule has 0 aliphatic carbocycles. The lowest BCUT2D eigenvalue weighted by Crippen LogP contribution is -2.33. The number of aryl methyl sites for hydroxylation is 1. The van der Waals surface area contributed by atoms with Crippen LogP contribution in [0.25, 0.3) is 11.4 Å². The number of nitrogens with zero attached hydrogens (tertiary/aromatic N) is 2. The van der Waals surface area contributed by atoms with Crippen LogP contribution >= 0.6 is 0 Å². The number of nitrogens with one attached hydrogen (secondary N) is 1. The number of rotatable bonds is 10. The molecule has 1 aromatic carbocycles. The molecule has 1 unspecified atom stereocenters. The maximum Gasteiger partial charge on any atom is 0.308 e. The molecule has 0 bridgehead atoms. The van der Waals surface area contributed by atoms with Crippen molar-refractivity contribution in [1.29, 1.82) is 0 Å². The minimum atomic E-state index is -0.895. The SMILES string of the molecule is CCCC(CNC(=O)CCc1nc(-c2ccc(OC)cc2)no1)C(=O)O. The summed E-state index contributed by atoms with van der Waals surface area (Å²) in [6.45, 7) is 2.04. The standard InChI is InChI=1S/C18H23N3O5/c1-3-4-13(18(23)24)11-19-15(22)9-10-16-20-17(21-26-16)12-5-7-14(25-2)8-6-12/h5-8,13H,3-4,9-11H2,1-2H3,(H,19,22)(H,23,24). The third-order valence-electron chi connectivity index (χ3n) is 3.91. The topological polar surface area (TPSA) is 115 Å². The Morgan fingerprint density at radius 3 is 2.65 bits per heavy atom. The van der Waals surface area contributed by atoms with E-state index in [1.165, 1.54) is 0 Å². The van der Waals surface area contributed by atoms with Gasteiger partial charge in [-0.3, -0.25) is 9.59 Å². The highest BCUT2D eigenvalue weighted by atomic mass is 16.5. The van der Waals surface area contributed by atoms with Gasteiger partial charge in [0.25, 0.3) is 0 Å². The monoisotopic (exact) mass is 361 g/mol. The highest BCUT2D eigenvalue weighted by molar-refractivity contribution is 5.77. The Balaban J connectivity index is 1.83. The number of carbonyl (C=O) groups is 2. The van der Waals surface area contributed by atoms with Crippen LogP contribution in [0, 0.1) is 5.92 Å². The first-order valence-corrected chi connectivity index (χ1v) is 8.50. The zero-order chi connectivity index (χ0) is 18.9. The van der Waals surface area contributed by atoms with Gasteiger partial charge in [0, 0.05) is 24.9 Å². The molecule has 0 saturated heterocycles. The van der Waals surface area contributed by atoms with Gasteiger partial charge >= 0.3 is 5.97 Å². The molecule has 8 heteroatoms. The minimum absolute atomic E-state index is 0.128. The summed E-state index contributed by atoms with van der Waals surface area (Å²) in [6, 6.07) is 7.24. The van der Waals surface area contributed by atoms with E-state index in [-0.39, 0.29) is 18.9 Å². The number of aliphatic carboxylic acids is 1. The summed E-state index contributed by atoms with van der Waals surface area (Å²) >= 11 is 0. The Morgan fingerprint density at radius 1 is 1.31 bits per heavy atom. The largest absolute Gasteiger partial charge is 0.497 e. The number of carbonyl (C=O) groups excluding carboxylic acids is 1. The number of hydrogen-bond acceptors (Lipinski definition) is 6. The van der Waals surface area contributed by atoms with E-state index in [0.717, 1.165) is 17.7 Å². The van der Waals surface area contributed by atoms with Crippen molar-refractivity contribution in [2.75, 3.05) is 13.7 Å². The molecule has 2 aromatic rings. The molecule has 8 nitrogen and oxygen atoms in total. The van der Waals surface area contributed by atoms with Crippen LogP contribution in [0.3, 0.4) is 0 Å². The van der Waals surface area contributed by atoms with Crippen LogP contribution in [0.4, 0.5) is 0 Å². The molecule has 2 N–H and O–H groups in total. The average molecular weight is 361 g/mol. The van der Waals surface area contributed by atoms with Crippen molar-refractivity contribution in [3.05, 3.63) is 30.2 Å². The maximum atomic E-state index is 11.9. The molecule has 1 aromatic heterocycles. The van der Waals surface area contributed by atoms with Gasteiger partial charge in [0.15, 0.2) is 0 Å². The van der Waals surface area contributed by atoms with E-state index in [4.69, 9.17) is 14.4 Å².